The summed E-state index contributed by atoms with van der Waals surface area (Å²) >= 11 is 5.66. The molecule has 0 amide bonds. The molecule has 0 aliphatic carbocycles. The molecule has 0 spiro atoms. The summed E-state index contributed by atoms with van der Waals surface area (Å²) in [6.07, 6.45) is 1.73. The van der Waals surface area contributed by atoms with E-state index in [1.807, 2.05) is 0 Å². The minimum absolute atomic E-state index is 0.0546. The van der Waals surface area contributed by atoms with Crippen LogP contribution in [0.15, 0.2) is 12.3 Å². The molecule has 0 aromatic carbocycles. The molecule has 76 valence electrons. The molecule has 5 nitrogen and oxygen atoms in total. The predicted octanol–water partition coefficient (Wildman–Crippen LogP) is 1.58. The fourth-order valence-electron chi connectivity index (χ4n) is 0.812. The van der Waals surface area contributed by atoms with E-state index in [9.17, 15) is 14.9 Å². The van der Waals surface area contributed by atoms with Gasteiger partial charge in [-0.05, 0) is 0 Å². The molecular formula is C9H5ClN2O3. The molecule has 1 aromatic heterocycles. The average Bonchev–Trinajstić information content (AvgIpc) is 2.20. The fraction of sp³-hybridized carbons (Fsp3) is 0.111. The van der Waals surface area contributed by atoms with E-state index >= 15 is 0 Å². The standard InChI is InChI=1S/C9H5ClN2O3/c10-9-7(3-1-2-4-13)5-8(6-11-9)12(14)15/h4-6H,2H2. The van der Waals surface area contributed by atoms with Crippen LogP contribution >= 0.6 is 11.6 Å². The van der Waals surface area contributed by atoms with E-state index in [2.05, 4.69) is 16.8 Å². The minimum Gasteiger partial charge on any atom is -0.302 e. The second kappa shape index (κ2) is 5.08. The lowest BCUT2D eigenvalue weighted by Gasteiger charge is -1.94. The largest absolute Gasteiger partial charge is 0.302 e. The molecule has 0 saturated heterocycles. The molecule has 0 fully saturated rings. The van der Waals surface area contributed by atoms with Gasteiger partial charge < -0.3 is 4.79 Å². The van der Waals surface area contributed by atoms with Crippen LogP contribution in [0.25, 0.3) is 0 Å². The highest BCUT2D eigenvalue weighted by Crippen LogP contribution is 2.17. The van der Waals surface area contributed by atoms with Crippen molar-refractivity contribution < 1.29 is 9.72 Å². The smallest absolute Gasteiger partial charge is 0.288 e. The van der Waals surface area contributed by atoms with Gasteiger partial charge in [0.05, 0.1) is 16.9 Å². The van der Waals surface area contributed by atoms with Crippen molar-refractivity contribution in [1.29, 1.82) is 0 Å². The molecule has 0 aliphatic rings. The molecular weight excluding hydrogens is 220 g/mol. The molecule has 15 heavy (non-hydrogen) atoms. The van der Waals surface area contributed by atoms with Gasteiger partial charge in [-0.25, -0.2) is 4.98 Å². The van der Waals surface area contributed by atoms with Crippen LogP contribution in [0.1, 0.15) is 12.0 Å². The number of hydrogen-bond acceptors (Lipinski definition) is 4. The number of carbonyl (C=O) groups excluding carboxylic acids is 1. The molecule has 0 unspecified atom stereocenters. The first kappa shape index (κ1) is 11.1. The first-order valence-corrected chi connectivity index (χ1v) is 4.25. The van der Waals surface area contributed by atoms with Crippen molar-refractivity contribution in [2.24, 2.45) is 0 Å². The van der Waals surface area contributed by atoms with Gasteiger partial charge in [-0.1, -0.05) is 23.4 Å². The molecule has 1 heterocycles. The SMILES string of the molecule is O=CCC#Cc1cc([N+](=O)[O-])cnc1Cl. The van der Waals surface area contributed by atoms with Crippen molar-refractivity contribution in [2.45, 2.75) is 6.42 Å². The lowest BCUT2D eigenvalue weighted by Crippen LogP contribution is -1.91. The molecule has 0 aliphatic heterocycles. The van der Waals surface area contributed by atoms with Crippen LogP contribution in [0.4, 0.5) is 5.69 Å². The summed E-state index contributed by atoms with van der Waals surface area (Å²) in [5.41, 5.74) is 0.0579. The number of halogens is 1. The van der Waals surface area contributed by atoms with E-state index in [1.165, 1.54) is 6.07 Å². The number of hydrogen-bond donors (Lipinski definition) is 0. The minimum atomic E-state index is -0.589. The third kappa shape index (κ3) is 3.04. The Hall–Kier alpha value is -1.93. The molecule has 0 bridgehead atoms. The van der Waals surface area contributed by atoms with Crippen LogP contribution in [-0.2, 0) is 4.79 Å². The summed E-state index contributed by atoms with van der Waals surface area (Å²) in [7, 11) is 0. The maximum absolute atomic E-state index is 10.4. The summed E-state index contributed by atoms with van der Waals surface area (Å²) in [5.74, 6) is 5.02. The maximum atomic E-state index is 10.4. The first-order valence-electron chi connectivity index (χ1n) is 3.87. The Bertz CT molecular complexity index is 462. The summed E-state index contributed by atoms with van der Waals surface area (Å²) in [5, 5.41) is 10.5. The van der Waals surface area contributed by atoms with Crippen molar-refractivity contribution in [3.63, 3.8) is 0 Å². The van der Waals surface area contributed by atoms with Crippen LogP contribution < -0.4 is 0 Å². The van der Waals surface area contributed by atoms with E-state index < -0.39 is 4.92 Å². The highest BCUT2D eigenvalue weighted by molar-refractivity contribution is 6.30. The van der Waals surface area contributed by atoms with Gasteiger partial charge >= 0.3 is 0 Å². The number of aldehydes is 1. The third-order valence-electron chi connectivity index (χ3n) is 1.44. The van der Waals surface area contributed by atoms with E-state index in [-0.39, 0.29) is 22.8 Å². The zero-order valence-corrected chi connectivity index (χ0v) is 8.19. The summed E-state index contributed by atoms with van der Waals surface area (Å²) in [6.45, 7) is 0. The van der Waals surface area contributed by atoms with Crippen molar-refractivity contribution >= 4 is 23.6 Å². The number of nitrogens with zero attached hydrogens (tertiary/aromatic N) is 2. The van der Waals surface area contributed by atoms with E-state index in [0.29, 0.717) is 6.29 Å². The zero-order chi connectivity index (χ0) is 11.3. The molecule has 1 aromatic rings. The quantitative estimate of drug-likeness (QED) is 0.251. The lowest BCUT2D eigenvalue weighted by atomic mass is 10.2. The molecule has 0 atom stereocenters. The van der Waals surface area contributed by atoms with Crippen LogP contribution in [0, 0.1) is 22.0 Å². The van der Waals surface area contributed by atoms with Gasteiger partial charge in [0, 0.05) is 6.07 Å². The third-order valence-corrected chi connectivity index (χ3v) is 1.75. The summed E-state index contributed by atoms with van der Waals surface area (Å²) in [6, 6.07) is 1.22. The Morgan fingerprint density at radius 2 is 2.40 bits per heavy atom. The fourth-order valence-corrected chi connectivity index (χ4v) is 0.963. The topological polar surface area (TPSA) is 73.1 Å². The Labute approximate surface area is 90.2 Å². The first-order chi connectivity index (χ1) is 7.15. The maximum Gasteiger partial charge on any atom is 0.288 e. The van der Waals surface area contributed by atoms with Crippen LogP contribution in [0.2, 0.25) is 5.15 Å². The number of aromatic nitrogens is 1. The normalized spacial score (nSPS) is 8.87. The van der Waals surface area contributed by atoms with Crippen LogP contribution in [-0.4, -0.2) is 16.2 Å². The Morgan fingerprint density at radius 1 is 1.67 bits per heavy atom. The number of pyridine rings is 1. The Morgan fingerprint density at radius 3 is 3.00 bits per heavy atom. The van der Waals surface area contributed by atoms with Gasteiger partial charge in [-0.2, -0.15) is 0 Å². The number of rotatable bonds is 2. The Kier molecular flexibility index (Phi) is 3.77. The van der Waals surface area contributed by atoms with Gasteiger partial charge in [-0.3, -0.25) is 10.1 Å². The molecule has 1 rings (SSSR count). The van der Waals surface area contributed by atoms with Crippen molar-refractivity contribution in [2.75, 3.05) is 0 Å². The van der Waals surface area contributed by atoms with Gasteiger partial charge in [0.15, 0.2) is 0 Å². The lowest BCUT2D eigenvalue weighted by molar-refractivity contribution is -0.385. The van der Waals surface area contributed by atoms with Gasteiger partial charge in [0.2, 0.25) is 0 Å². The molecule has 0 saturated carbocycles. The van der Waals surface area contributed by atoms with Gasteiger partial charge in [0.1, 0.15) is 17.6 Å². The second-order valence-corrected chi connectivity index (χ2v) is 2.82. The Balaban J connectivity index is 3.07. The van der Waals surface area contributed by atoms with Gasteiger partial charge in [-0.15, -0.1) is 0 Å². The van der Waals surface area contributed by atoms with E-state index in [0.717, 1.165) is 6.20 Å². The molecule has 0 radical (unpaired) electrons. The van der Waals surface area contributed by atoms with Crippen molar-refractivity contribution in [3.8, 4) is 11.8 Å². The zero-order valence-electron chi connectivity index (χ0n) is 7.44. The van der Waals surface area contributed by atoms with Crippen LogP contribution in [0.3, 0.4) is 0 Å². The van der Waals surface area contributed by atoms with Gasteiger partial charge in [0.25, 0.3) is 5.69 Å². The van der Waals surface area contributed by atoms with E-state index in [1.54, 1.807) is 0 Å². The van der Waals surface area contributed by atoms with Crippen molar-refractivity contribution in [1.82, 2.24) is 4.98 Å². The monoisotopic (exact) mass is 224 g/mol. The number of nitro groups is 1. The predicted molar refractivity (Wildman–Crippen MR) is 53.5 cm³/mol. The summed E-state index contributed by atoms with van der Waals surface area (Å²) < 4.78 is 0. The molecule has 0 N–H and O–H groups in total. The van der Waals surface area contributed by atoms with Crippen molar-refractivity contribution in [3.05, 3.63) is 33.1 Å². The number of carbonyl (C=O) groups is 1. The highest BCUT2D eigenvalue weighted by atomic mass is 35.5. The average molecular weight is 225 g/mol. The van der Waals surface area contributed by atoms with E-state index in [4.69, 9.17) is 11.6 Å². The highest BCUT2D eigenvalue weighted by Gasteiger charge is 2.09. The summed E-state index contributed by atoms with van der Waals surface area (Å²) in [4.78, 5) is 23.4. The second-order valence-electron chi connectivity index (χ2n) is 2.46. The van der Waals surface area contributed by atoms with Crippen LogP contribution in [0.5, 0.6) is 0 Å². The molecule has 6 heteroatoms.